The van der Waals surface area contributed by atoms with Gasteiger partial charge in [-0.2, -0.15) is 0 Å². The molecule has 1 saturated carbocycles. The molecule has 0 spiro atoms. The first-order chi connectivity index (χ1) is 10.7. The molecular formula is C14H14N4O3S. The number of aromatic nitrogens is 2. The SMILES string of the molecule is O=C(Nc1nc2c(s1)C(=O)NCCC2)c1cc(C2CC2)on1. The third kappa shape index (κ3) is 2.50. The topological polar surface area (TPSA) is 97.1 Å². The van der Waals surface area contributed by atoms with Gasteiger partial charge in [0.2, 0.25) is 0 Å². The average molecular weight is 318 g/mol. The van der Waals surface area contributed by atoms with E-state index in [0.29, 0.717) is 22.5 Å². The molecule has 0 unspecified atom stereocenters. The summed E-state index contributed by atoms with van der Waals surface area (Å²) in [7, 11) is 0. The van der Waals surface area contributed by atoms with E-state index in [1.54, 1.807) is 6.07 Å². The van der Waals surface area contributed by atoms with E-state index >= 15 is 0 Å². The van der Waals surface area contributed by atoms with Crippen LogP contribution >= 0.6 is 11.3 Å². The molecule has 0 aromatic carbocycles. The molecule has 1 aliphatic heterocycles. The highest BCUT2D eigenvalue weighted by Gasteiger charge is 2.29. The summed E-state index contributed by atoms with van der Waals surface area (Å²) in [6.07, 6.45) is 3.76. The Bertz CT molecular complexity index is 747. The monoisotopic (exact) mass is 318 g/mol. The minimum Gasteiger partial charge on any atom is -0.360 e. The van der Waals surface area contributed by atoms with Crippen LogP contribution in [0, 0.1) is 0 Å². The Morgan fingerprint density at radius 2 is 2.32 bits per heavy atom. The molecule has 2 aromatic heterocycles. The summed E-state index contributed by atoms with van der Waals surface area (Å²) in [4.78, 5) is 29.0. The molecule has 22 heavy (non-hydrogen) atoms. The van der Waals surface area contributed by atoms with Crippen molar-refractivity contribution in [1.82, 2.24) is 15.5 Å². The van der Waals surface area contributed by atoms with Crippen molar-refractivity contribution in [3.05, 3.63) is 28.1 Å². The zero-order chi connectivity index (χ0) is 15.1. The van der Waals surface area contributed by atoms with Crippen LogP contribution in [-0.2, 0) is 6.42 Å². The van der Waals surface area contributed by atoms with Gasteiger partial charge in [-0.25, -0.2) is 4.98 Å². The van der Waals surface area contributed by atoms with Crippen LogP contribution in [0.5, 0.6) is 0 Å². The van der Waals surface area contributed by atoms with Crippen LogP contribution in [0.25, 0.3) is 0 Å². The maximum absolute atomic E-state index is 12.2. The van der Waals surface area contributed by atoms with Gasteiger partial charge in [0.05, 0.1) is 5.69 Å². The van der Waals surface area contributed by atoms with Gasteiger partial charge in [-0.15, -0.1) is 0 Å². The van der Waals surface area contributed by atoms with E-state index in [4.69, 9.17) is 4.52 Å². The summed E-state index contributed by atoms with van der Waals surface area (Å²) >= 11 is 1.19. The normalized spacial score (nSPS) is 17.5. The van der Waals surface area contributed by atoms with Crippen molar-refractivity contribution in [2.24, 2.45) is 0 Å². The lowest BCUT2D eigenvalue weighted by Gasteiger charge is -1.98. The number of nitrogens with one attached hydrogen (secondary N) is 2. The Hall–Kier alpha value is -2.22. The molecule has 0 saturated heterocycles. The molecule has 4 rings (SSSR count). The zero-order valence-electron chi connectivity index (χ0n) is 11.7. The lowest BCUT2D eigenvalue weighted by molar-refractivity contribution is 0.0958. The second-order valence-corrected chi connectivity index (χ2v) is 6.50. The highest BCUT2D eigenvalue weighted by atomic mass is 32.1. The Morgan fingerprint density at radius 3 is 3.14 bits per heavy atom. The number of nitrogens with zero attached hydrogens (tertiary/aromatic N) is 2. The number of amides is 2. The molecule has 0 radical (unpaired) electrons. The maximum Gasteiger partial charge on any atom is 0.279 e. The number of carbonyl (C=O) groups is 2. The number of anilines is 1. The van der Waals surface area contributed by atoms with Gasteiger partial charge < -0.3 is 9.84 Å². The molecule has 3 heterocycles. The number of carbonyl (C=O) groups excluding carboxylic acids is 2. The van der Waals surface area contributed by atoms with Gasteiger partial charge in [0.25, 0.3) is 11.8 Å². The summed E-state index contributed by atoms with van der Waals surface area (Å²) in [6, 6.07) is 1.68. The third-order valence-electron chi connectivity index (χ3n) is 3.74. The predicted molar refractivity (Wildman–Crippen MR) is 79.2 cm³/mol. The number of hydrogen-bond donors (Lipinski definition) is 2. The summed E-state index contributed by atoms with van der Waals surface area (Å²) in [5.41, 5.74) is 0.992. The molecule has 7 nitrogen and oxygen atoms in total. The van der Waals surface area contributed by atoms with E-state index in [9.17, 15) is 9.59 Å². The molecule has 2 N–H and O–H groups in total. The van der Waals surface area contributed by atoms with E-state index in [1.807, 2.05) is 0 Å². The zero-order valence-corrected chi connectivity index (χ0v) is 12.5. The molecule has 114 valence electrons. The Morgan fingerprint density at radius 1 is 1.45 bits per heavy atom. The smallest absolute Gasteiger partial charge is 0.279 e. The molecule has 1 aliphatic carbocycles. The first-order valence-corrected chi connectivity index (χ1v) is 8.08. The summed E-state index contributed by atoms with van der Waals surface area (Å²) in [5.74, 6) is 0.691. The van der Waals surface area contributed by atoms with Crippen LogP contribution < -0.4 is 10.6 Å². The maximum atomic E-state index is 12.2. The average Bonchev–Trinajstić information content (AvgIpc) is 3.14. The summed E-state index contributed by atoms with van der Waals surface area (Å²) in [5, 5.41) is 9.72. The van der Waals surface area contributed by atoms with E-state index in [2.05, 4.69) is 20.8 Å². The third-order valence-corrected chi connectivity index (χ3v) is 4.75. The van der Waals surface area contributed by atoms with Crippen molar-refractivity contribution >= 4 is 28.3 Å². The van der Waals surface area contributed by atoms with Crippen LogP contribution in [0.2, 0.25) is 0 Å². The van der Waals surface area contributed by atoms with Gasteiger partial charge in [0.15, 0.2) is 10.8 Å². The summed E-state index contributed by atoms with van der Waals surface area (Å²) in [6.45, 7) is 0.659. The van der Waals surface area contributed by atoms with Crippen LogP contribution in [0.4, 0.5) is 5.13 Å². The summed E-state index contributed by atoms with van der Waals surface area (Å²) < 4.78 is 5.17. The molecule has 0 atom stereocenters. The van der Waals surface area contributed by atoms with E-state index in [1.165, 1.54) is 11.3 Å². The van der Waals surface area contributed by atoms with Crippen molar-refractivity contribution in [2.75, 3.05) is 11.9 Å². The molecule has 1 fully saturated rings. The molecule has 0 bridgehead atoms. The largest absolute Gasteiger partial charge is 0.360 e. The number of aryl methyl sites for hydroxylation is 1. The van der Waals surface area contributed by atoms with E-state index < -0.39 is 0 Å². The standard InChI is InChI=1S/C14H14N4O3S/c19-12(9-6-10(21-18-9)7-3-4-7)17-14-16-8-2-1-5-15-13(20)11(8)22-14/h6-7H,1-5H2,(H,15,20)(H,16,17,19). The van der Waals surface area contributed by atoms with Crippen molar-refractivity contribution in [3.63, 3.8) is 0 Å². The van der Waals surface area contributed by atoms with Gasteiger partial charge in [0, 0.05) is 18.5 Å². The Kier molecular flexibility index (Phi) is 3.18. The number of hydrogen-bond acceptors (Lipinski definition) is 6. The highest BCUT2D eigenvalue weighted by Crippen LogP contribution is 2.40. The van der Waals surface area contributed by atoms with Crippen molar-refractivity contribution in [1.29, 1.82) is 0 Å². The van der Waals surface area contributed by atoms with Crippen molar-refractivity contribution in [3.8, 4) is 0 Å². The van der Waals surface area contributed by atoms with E-state index in [-0.39, 0.29) is 17.5 Å². The van der Waals surface area contributed by atoms with Gasteiger partial charge in [-0.3, -0.25) is 14.9 Å². The molecular weight excluding hydrogens is 304 g/mol. The Balaban J connectivity index is 1.51. The second-order valence-electron chi connectivity index (χ2n) is 5.50. The lowest BCUT2D eigenvalue weighted by Crippen LogP contribution is -2.21. The van der Waals surface area contributed by atoms with Gasteiger partial charge in [0.1, 0.15) is 10.6 Å². The predicted octanol–water partition coefficient (Wildman–Crippen LogP) is 1.94. The number of rotatable bonds is 3. The fourth-order valence-corrected chi connectivity index (χ4v) is 3.33. The van der Waals surface area contributed by atoms with E-state index in [0.717, 1.165) is 37.1 Å². The Labute approximate surface area is 130 Å². The van der Waals surface area contributed by atoms with Crippen molar-refractivity contribution in [2.45, 2.75) is 31.6 Å². The first-order valence-electron chi connectivity index (χ1n) is 7.26. The molecule has 2 aromatic rings. The van der Waals surface area contributed by atoms with Gasteiger partial charge in [-0.05, 0) is 25.7 Å². The quantitative estimate of drug-likeness (QED) is 0.901. The van der Waals surface area contributed by atoms with Crippen LogP contribution in [0.1, 0.15) is 56.8 Å². The second kappa shape index (κ2) is 5.20. The first kappa shape index (κ1) is 13.4. The highest BCUT2D eigenvalue weighted by molar-refractivity contribution is 7.17. The van der Waals surface area contributed by atoms with Crippen LogP contribution in [-0.4, -0.2) is 28.5 Å². The van der Waals surface area contributed by atoms with Gasteiger partial charge in [-0.1, -0.05) is 16.5 Å². The molecule has 8 heteroatoms. The van der Waals surface area contributed by atoms with Crippen LogP contribution in [0.15, 0.2) is 10.6 Å². The number of thiazole rings is 1. The lowest BCUT2D eigenvalue weighted by atomic mass is 10.2. The number of fused-ring (bicyclic) bond motifs is 1. The molecule has 2 amide bonds. The minimum atomic E-state index is -0.361. The molecule has 2 aliphatic rings. The fourth-order valence-electron chi connectivity index (χ4n) is 2.41. The van der Waals surface area contributed by atoms with Crippen LogP contribution in [0.3, 0.4) is 0 Å². The van der Waals surface area contributed by atoms with Crippen molar-refractivity contribution < 1.29 is 14.1 Å². The fraction of sp³-hybridized carbons (Fsp3) is 0.429. The minimum absolute atomic E-state index is 0.122. The van der Waals surface area contributed by atoms with Gasteiger partial charge >= 0.3 is 0 Å².